The van der Waals surface area contributed by atoms with Crippen LogP contribution in [0, 0.1) is 5.41 Å². The zero-order chi connectivity index (χ0) is 15.6. The molecule has 5 heteroatoms. The van der Waals surface area contributed by atoms with Crippen molar-refractivity contribution < 1.29 is 14.7 Å². The van der Waals surface area contributed by atoms with Crippen molar-refractivity contribution in [2.24, 2.45) is 5.41 Å². The van der Waals surface area contributed by atoms with Crippen LogP contribution in [0.1, 0.15) is 31.9 Å². The van der Waals surface area contributed by atoms with E-state index in [1.54, 1.807) is 20.8 Å². The average molecular weight is 290 g/mol. The second kappa shape index (κ2) is 5.85. The Bertz CT molecular complexity index is 549. The molecule has 0 radical (unpaired) electrons. The van der Waals surface area contributed by atoms with Gasteiger partial charge in [-0.05, 0) is 23.0 Å². The molecule has 0 fully saturated rings. The van der Waals surface area contributed by atoms with E-state index < -0.39 is 17.4 Å². The predicted octanol–water partition coefficient (Wildman–Crippen LogP) is 1.32. The van der Waals surface area contributed by atoms with Gasteiger partial charge in [0.25, 0.3) is 0 Å². The summed E-state index contributed by atoms with van der Waals surface area (Å²) in [5.41, 5.74) is 1.79. The maximum Gasteiger partial charge on any atom is 0.326 e. The molecule has 114 valence electrons. The van der Waals surface area contributed by atoms with E-state index in [2.05, 4.69) is 10.6 Å². The lowest BCUT2D eigenvalue weighted by Gasteiger charge is -2.31. The molecule has 1 aromatic rings. The molecule has 21 heavy (non-hydrogen) atoms. The number of aliphatic carboxylic acids is 1. The van der Waals surface area contributed by atoms with Crippen LogP contribution in [0.3, 0.4) is 0 Å². The van der Waals surface area contributed by atoms with Gasteiger partial charge in [0.1, 0.15) is 6.04 Å². The molecule has 0 saturated heterocycles. The fourth-order valence-corrected chi connectivity index (χ4v) is 2.53. The summed E-state index contributed by atoms with van der Waals surface area (Å²) in [5, 5.41) is 15.1. The highest BCUT2D eigenvalue weighted by atomic mass is 16.4. The standard InChI is InChI=1S/C16H22N2O3/c1-16(2,3)13(15(20)21)18-14(19)12-8-10-6-4-5-7-11(10)9-17-12/h4-7,12-13,17H,8-9H2,1-3H3,(H,18,19)(H,20,21)/t12-,13?/m1/s1. The van der Waals surface area contributed by atoms with E-state index >= 15 is 0 Å². The fourth-order valence-electron chi connectivity index (χ4n) is 2.53. The Labute approximate surface area is 124 Å². The molecule has 0 saturated carbocycles. The number of nitrogens with one attached hydrogen (secondary N) is 2. The van der Waals surface area contributed by atoms with Crippen LogP contribution in [0.4, 0.5) is 0 Å². The minimum absolute atomic E-state index is 0.258. The van der Waals surface area contributed by atoms with E-state index in [1.807, 2.05) is 24.3 Å². The van der Waals surface area contributed by atoms with Crippen molar-refractivity contribution >= 4 is 11.9 Å². The van der Waals surface area contributed by atoms with Crippen LogP contribution in [0.25, 0.3) is 0 Å². The maximum absolute atomic E-state index is 12.3. The predicted molar refractivity (Wildman–Crippen MR) is 79.8 cm³/mol. The Morgan fingerprint density at radius 3 is 2.48 bits per heavy atom. The van der Waals surface area contributed by atoms with E-state index in [1.165, 1.54) is 5.56 Å². The number of carbonyl (C=O) groups is 2. The van der Waals surface area contributed by atoms with Gasteiger partial charge in [-0.15, -0.1) is 0 Å². The Morgan fingerprint density at radius 2 is 1.90 bits per heavy atom. The molecule has 1 aromatic carbocycles. The molecule has 0 bridgehead atoms. The fraction of sp³-hybridized carbons (Fsp3) is 0.500. The minimum atomic E-state index is -1.01. The van der Waals surface area contributed by atoms with Crippen molar-refractivity contribution in [2.75, 3.05) is 0 Å². The second-order valence-corrected chi connectivity index (χ2v) is 6.55. The summed E-state index contributed by atoms with van der Waals surface area (Å²) in [6.07, 6.45) is 0.582. The highest BCUT2D eigenvalue weighted by Crippen LogP contribution is 2.21. The third-order valence-electron chi connectivity index (χ3n) is 3.80. The summed E-state index contributed by atoms with van der Waals surface area (Å²) in [4.78, 5) is 23.7. The lowest BCUT2D eigenvalue weighted by Crippen LogP contribution is -2.55. The van der Waals surface area contributed by atoms with Crippen molar-refractivity contribution in [2.45, 2.75) is 45.8 Å². The number of benzene rings is 1. The first-order valence-corrected chi connectivity index (χ1v) is 7.12. The number of hydrogen-bond acceptors (Lipinski definition) is 3. The Hall–Kier alpha value is -1.88. The van der Waals surface area contributed by atoms with Crippen molar-refractivity contribution in [3.8, 4) is 0 Å². The SMILES string of the molecule is CC(C)(C)C(NC(=O)[C@H]1Cc2ccccc2CN1)C(=O)O. The topological polar surface area (TPSA) is 78.4 Å². The number of carboxylic acids is 1. The molecule has 2 rings (SSSR count). The molecule has 5 nitrogen and oxygen atoms in total. The largest absolute Gasteiger partial charge is 0.480 e. The molecule has 1 heterocycles. The van der Waals surface area contributed by atoms with Gasteiger partial charge in [0.15, 0.2) is 0 Å². The molecule has 1 unspecified atom stereocenters. The lowest BCUT2D eigenvalue weighted by atomic mass is 9.86. The van der Waals surface area contributed by atoms with Gasteiger partial charge < -0.3 is 15.7 Å². The van der Waals surface area contributed by atoms with Gasteiger partial charge in [0.05, 0.1) is 6.04 Å². The molecule has 2 atom stereocenters. The zero-order valence-electron chi connectivity index (χ0n) is 12.6. The Kier molecular flexibility index (Phi) is 4.32. The summed E-state index contributed by atoms with van der Waals surface area (Å²) < 4.78 is 0. The van der Waals surface area contributed by atoms with Crippen molar-refractivity contribution in [1.82, 2.24) is 10.6 Å². The van der Waals surface area contributed by atoms with Gasteiger partial charge in [-0.2, -0.15) is 0 Å². The number of fused-ring (bicyclic) bond motifs is 1. The molecule has 1 amide bonds. The van der Waals surface area contributed by atoms with Crippen molar-refractivity contribution in [1.29, 1.82) is 0 Å². The summed E-state index contributed by atoms with van der Waals surface area (Å²) in [5.74, 6) is -1.26. The van der Waals surface area contributed by atoms with E-state index in [-0.39, 0.29) is 11.9 Å². The van der Waals surface area contributed by atoms with E-state index in [9.17, 15) is 14.7 Å². The monoisotopic (exact) mass is 290 g/mol. The zero-order valence-corrected chi connectivity index (χ0v) is 12.6. The van der Waals surface area contributed by atoms with Gasteiger partial charge >= 0.3 is 5.97 Å². The van der Waals surface area contributed by atoms with E-state index in [4.69, 9.17) is 0 Å². The van der Waals surface area contributed by atoms with Crippen LogP contribution in [-0.4, -0.2) is 29.1 Å². The van der Waals surface area contributed by atoms with E-state index in [0.717, 1.165) is 5.56 Å². The number of amides is 1. The van der Waals surface area contributed by atoms with Gasteiger partial charge in [0, 0.05) is 6.54 Å². The third kappa shape index (κ3) is 3.61. The van der Waals surface area contributed by atoms with Crippen LogP contribution >= 0.6 is 0 Å². The molecular weight excluding hydrogens is 268 g/mol. The first kappa shape index (κ1) is 15.5. The summed E-state index contributed by atoms with van der Waals surface area (Å²) in [7, 11) is 0. The van der Waals surface area contributed by atoms with Crippen LogP contribution in [0.15, 0.2) is 24.3 Å². The van der Waals surface area contributed by atoms with Crippen LogP contribution in [-0.2, 0) is 22.6 Å². The normalized spacial score (nSPS) is 19.5. The Balaban J connectivity index is 2.06. The molecule has 1 aliphatic heterocycles. The maximum atomic E-state index is 12.3. The molecule has 0 aromatic heterocycles. The molecule has 1 aliphatic rings. The third-order valence-corrected chi connectivity index (χ3v) is 3.80. The molecular formula is C16H22N2O3. The molecule has 0 aliphatic carbocycles. The van der Waals surface area contributed by atoms with Crippen LogP contribution in [0.2, 0.25) is 0 Å². The van der Waals surface area contributed by atoms with Gasteiger partial charge in [-0.25, -0.2) is 4.79 Å². The van der Waals surface area contributed by atoms with Gasteiger partial charge in [-0.3, -0.25) is 4.79 Å². The number of hydrogen-bond donors (Lipinski definition) is 3. The van der Waals surface area contributed by atoms with Crippen LogP contribution < -0.4 is 10.6 Å². The highest BCUT2D eigenvalue weighted by Gasteiger charge is 2.35. The minimum Gasteiger partial charge on any atom is -0.480 e. The highest BCUT2D eigenvalue weighted by molar-refractivity contribution is 5.87. The van der Waals surface area contributed by atoms with E-state index in [0.29, 0.717) is 13.0 Å². The first-order chi connectivity index (χ1) is 9.79. The quantitative estimate of drug-likeness (QED) is 0.784. The van der Waals surface area contributed by atoms with Gasteiger partial charge in [0.2, 0.25) is 5.91 Å². The van der Waals surface area contributed by atoms with Crippen LogP contribution in [0.5, 0.6) is 0 Å². The summed E-state index contributed by atoms with van der Waals surface area (Å²) >= 11 is 0. The smallest absolute Gasteiger partial charge is 0.326 e. The van der Waals surface area contributed by atoms with Crippen molar-refractivity contribution in [3.63, 3.8) is 0 Å². The lowest BCUT2D eigenvalue weighted by molar-refractivity contribution is -0.145. The molecule has 3 N–H and O–H groups in total. The second-order valence-electron chi connectivity index (χ2n) is 6.55. The van der Waals surface area contributed by atoms with Gasteiger partial charge in [-0.1, -0.05) is 45.0 Å². The summed E-state index contributed by atoms with van der Waals surface area (Å²) in [6, 6.07) is 6.68. The summed E-state index contributed by atoms with van der Waals surface area (Å²) in [6.45, 7) is 6.03. The number of rotatable bonds is 3. The first-order valence-electron chi connectivity index (χ1n) is 7.12. The molecule has 0 spiro atoms. The van der Waals surface area contributed by atoms with Crippen molar-refractivity contribution in [3.05, 3.63) is 35.4 Å². The average Bonchev–Trinajstić information content (AvgIpc) is 2.42. The Morgan fingerprint density at radius 1 is 1.29 bits per heavy atom. The number of carbonyl (C=O) groups excluding carboxylic acids is 1. The number of carboxylic acid groups (broad SMARTS) is 1.